The Morgan fingerprint density at radius 3 is 2.81 bits per heavy atom. The van der Waals surface area contributed by atoms with Gasteiger partial charge >= 0.3 is 0 Å². The largest absolute Gasteiger partial charge is 0.370 e. The highest BCUT2D eigenvalue weighted by Crippen LogP contribution is 2.22. The van der Waals surface area contributed by atoms with Gasteiger partial charge in [0.1, 0.15) is 5.82 Å². The lowest BCUT2D eigenvalue weighted by Crippen LogP contribution is -2.31. The molecule has 0 spiro atoms. The minimum absolute atomic E-state index is 0.291. The fourth-order valence-electron chi connectivity index (χ4n) is 3.69. The summed E-state index contributed by atoms with van der Waals surface area (Å²) in [6.07, 6.45) is 5.49. The highest BCUT2D eigenvalue weighted by Gasteiger charge is 2.19. The number of fused-ring (bicyclic) bond motifs is 1. The summed E-state index contributed by atoms with van der Waals surface area (Å²) < 4.78 is 0. The van der Waals surface area contributed by atoms with Crippen molar-refractivity contribution in [2.24, 2.45) is 0 Å². The summed E-state index contributed by atoms with van der Waals surface area (Å²) in [7, 11) is 0. The minimum Gasteiger partial charge on any atom is -0.370 e. The van der Waals surface area contributed by atoms with Gasteiger partial charge in [0.2, 0.25) is 11.9 Å². The van der Waals surface area contributed by atoms with Crippen molar-refractivity contribution in [3.05, 3.63) is 47.7 Å². The van der Waals surface area contributed by atoms with Crippen molar-refractivity contribution >= 4 is 17.7 Å². The molecule has 6 heteroatoms. The van der Waals surface area contributed by atoms with Crippen LogP contribution in [0.4, 0.5) is 11.8 Å². The molecular formula is C20H25N5O. The predicted octanol–water partition coefficient (Wildman–Crippen LogP) is 2.46. The van der Waals surface area contributed by atoms with Gasteiger partial charge in [0.05, 0.1) is 0 Å². The summed E-state index contributed by atoms with van der Waals surface area (Å²) >= 11 is 0. The number of benzene rings is 1. The van der Waals surface area contributed by atoms with E-state index < -0.39 is 0 Å². The number of nitrogens with one attached hydrogen (secondary N) is 1. The van der Waals surface area contributed by atoms with Gasteiger partial charge in [0.25, 0.3) is 0 Å². The standard InChI is InChI=1S/C20H25N5O/c26-19-7-3-12-24(19)13-4-10-21-18-8-11-22-20(23-18)25-14-9-16-5-1-2-6-17(16)15-25/h1-2,5-6,8,11H,3-4,7,9-10,12-15H2,(H,21,22,23). The second-order valence-corrected chi connectivity index (χ2v) is 6.95. The summed E-state index contributed by atoms with van der Waals surface area (Å²) in [4.78, 5) is 25.0. The van der Waals surface area contributed by atoms with Crippen LogP contribution in [0.25, 0.3) is 0 Å². The van der Waals surface area contributed by atoms with Crippen LogP contribution in [0.5, 0.6) is 0 Å². The topological polar surface area (TPSA) is 61.4 Å². The van der Waals surface area contributed by atoms with Crippen molar-refractivity contribution in [1.82, 2.24) is 14.9 Å². The maximum Gasteiger partial charge on any atom is 0.227 e. The molecule has 1 aromatic heterocycles. The lowest BCUT2D eigenvalue weighted by molar-refractivity contribution is -0.127. The first-order chi connectivity index (χ1) is 12.8. The van der Waals surface area contributed by atoms with Crippen molar-refractivity contribution < 1.29 is 4.79 Å². The van der Waals surface area contributed by atoms with Crippen LogP contribution in [0.2, 0.25) is 0 Å². The van der Waals surface area contributed by atoms with Crippen LogP contribution in [0, 0.1) is 0 Å². The smallest absolute Gasteiger partial charge is 0.227 e. The number of anilines is 2. The Hall–Kier alpha value is -2.63. The molecule has 0 unspecified atom stereocenters. The Labute approximate surface area is 154 Å². The molecule has 1 fully saturated rings. The van der Waals surface area contributed by atoms with Crippen molar-refractivity contribution in [1.29, 1.82) is 0 Å². The first kappa shape index (κ1) is 16.8. The molecule has 3 heterocycles. The number of hydrogen-bond donors (Lipinski definition) is 1. The average Bonchev–Trinajstić information content (AvgIpc) is 3.10. The Morgan fingerprint density at radius 1 is 1.08 bits per heavy atom. The third-order valence-electron chi connectivity index (χ3n) is 5.14. The third kappa shape index (κ3) is 3.79. The van der Waals surface area contributed by atoms with E-state index in [2.05, 4.69) is 44.5 Å². The molecule has 136 valence electrons. The van der Waals surface area contributed by atoms with Crippen LogP contribution in [-0.4, -0.2) is 47.0 Å². The second-order valence-electron chi connectivity index (χ2n) is 6.95. The Balaban J connectivity index is 1.31. The van der Waals surface area contributed by atoms with Crippen LogP contribution in [0.3, 0.4) is 0 Å². The van der Waals surface area contributed by atoms with E-state index in [4.69, 9.17) is 0 Å². The summed E-state index contributed by atoms with van der Waals surface area (Å²) in [5.74, 6) is 1.92. The number of amides is 1. The quantitative estimate of drug-likeness (QED) is 0.810. The van der Waals surface area contributed by atoms with Gasteiger partial charge in [-0.25, -0.2) is 4.98 Å². The molecular weight excluding hydrogens is 326 g/mol. The Kier molecular flexibility index (Phi) is 5.00. The molecule has 0 aliphatic carbocycles. The maximum atomic E-state index is 11.6. The number of carbonyl (C=O) groups excluding carboxylic acids is 1. The fraction of sp³-hybridized carbons (Fsp3) is 0.450. The normalized spacial score (nSPS) is 16.7. The molecule has 6 nitrogen and oxygen atoms in total. The zero-order valence-electron chi connectivity index (χ0n) is 15.0. The highest BCUT2D eigenvalue weighted by molar-refractivity contribution is 5.78. The van der Waals surface area contributed by atoms with Crippen LogP contribution in [-0.2, 0) is 17.8 Å². The highest BCUT2D eigenvalue weighted by atomic mass is 16.2. The monoisotopic (exact) mass is 351 g/mol. The second kappa shape index (κ2) is 7.72. The van der Waals surface area contributed by atoms with Crippen molar-refractivity contribution in [2.45, 2.75) is 32.2 Å². The molecule has 0 radical (unpaired) electrons. The summed E-state index contributed by atoms with van der Waals surface area (Å²) in [6, 6.07) is 10.5. The molecule has 1 N–H and O–H groups in total. The number of carbonyl (C=O) groups is 1. The summed E-state index contributed by atoms with van der Waals surface area (Å²) in [5.41, 5.74) is 2.78. The molecule has 2 aliphatic heterocycles. The number of likely N-dealkylation sites (tertiary alicyclic amines) is 1. The molecule has 2 aliphatic rings. The van der Waals surface area contributed by atoms with Gasteiger partial charge in [0, 0.05) is 45.3 Å². The average molecular weight is 351 g/mol. The zero-order chi connectivity index (χ0) is 17.8. The van der Waals surface area contributed by atoms with Crippen molar-refractivity contribution in [2.75, 3.05) is 36.4 Å². The van der Waals surface area contributed by atoms with E-state index in [-0.39, 0.29) is 0 Å². The van der Waals surface area contributed by atoms with Crippen LogP contribution >= 0.6 is 0 Å². The van der Waals surface area contributed by atoms with E-state index in [1.807, 2.05) is 17.2 Å². The number of rotatable bonds is 6. The molecule has 4 rings (SSSR count). The zero-order valence-corrected chi connectivity index (χ0v) is 15.0. The molecule has 1 aromatic carbocycles. The fourth-order valence-corrected chi connectivity index (χ4v) is 3.69. The van der Waals surface area contributed by atoms with E-state index in [1.54, 1.807) is 0 Å². The molecule has 0 bridgehead atoms. The van der Waals surface area contributed by atoms with E-state index in [1.165, 1.54) is 11.1 Å². The van der Waals surface area contributed by atoms with E-state index >= 15 is 0 Å². The van der Waals surface area contributed by atoms with E-state index in [0.717, 1.165) is 63.8 Å². The van der Waals surface area contributed by atoms with Gasteiger partial charge in [-0.3, -0.25) is 4.79 Å². The van der Waals surface area contributed by atoms with Gasteiger partial charge in [-0.05, 0) is 36.5 Å². The number of aromatic nitrogens is 2. The van der Waals surface area contributed by atoms with Gasteiger partial charge in [-0.15, -0.1) is 0 Å². The Morgan fingerprint density at radius 2 is 1.96 bits per heavy atom. The van der Waals surface area contributed by atoms with Crippen molar-refractivity contribution in [3.63, 3.8) is 0 Å². The molecule has 26 heavy (non-hydrogen) atoms. The van der Waals surface area contributed by atoms with E-state index in [0.29, 0.717) is 12.3 Å². The number of hydrogen-bond acceptors (Lipinski definition) is 5. The molecule has 0 atom stereocenters. The van der Waals surface area contributed by atoms with E-state index in [9.17, 15) is 4.79 Å². The molecule has 1 amide bonds. The first-order valence-corrected chi connectivity index (χ1v) is 9.46. The predicted molar refractivity (Wildman–Crippen MR) is 102 cm³/mol. The minimum atomic E-state index is 0.291. The summed E-state index contributed by atoms with van der Waals surface area (Å²) in [6.45, 7) is 4.34. The SMILES string of the molecule is O=C1CCCN1CCCNc1ccnc(N2CCc3ccccc3C2)n1. The first-order valence-electron chi connectivity index (χ1n) is 9.46. The van der Waals surface area contributed by atoms with Gasteiger partial charge in [0.15, 0.2) is 0 Å². The van der Waals surface area contributed by atoms with Gasteiger partial charge in [-0.2, -0.15) is 4.98 Å². The maximum absolute atomic E-state index is 11.6. The van der Waals surface area contributed by atoms with Gasteiger partial charge in [-0.1, -0.05) is 24.3 Å². The summed E-state index contributed by atoms with van der Waals surface area (Å²) in [5, 5.41) is 3.37. The molecule has 0 saturated carbocycles. The lowest BCUT2D eigenvalue weighted by Gasteiger charge is -2.29. The van der Waals surface area contributed by atoms with Crippen LogP contribution in [0.1, 0.15) is 30.4 Å². The van der Waals surface area contributed by atoms with Crippen LogP contribution in [0.15, 0.2) is 36.5 Å². The third-order valence-corrected chi connectivity index (χ3v) is 5.14. The van der Waals surface area contributed by atoms with Crippen LogP contribution < -0.4 is 10.2 Å². The van der Waals surface area contributed by atoms with Crippen molar-refractivity contribution in [3.8, 4) is 0 Å². The lowest BCUT2D eigenvalue weighted by atomic mass is 10.0. The van der Waals surface area contributed by atoms with Gasteiger partial charge < -0.3 is 15.1 Å². The molecule has 2 aromatic rings. The number of nitrogens with zero attached hydrogens (tertiary/aromatic N) is 4. The Bertz CT molecular complexity index is 778. The molecule has 1 saturated heterocycles.